The highest BCUT2D eigenvalue weighted by molar-refractivity contribution is 7.92. The molecule has 1 aliphatic heterocycles. The van der Waals surface area contributed by atoms with Crippen LogP contribution in [0.2, 0.25) is 0 Å². The molecular formula is C24H26N4O3S. The highest BCUT2D eigenvalue weighted by Gasteiger charge is 2.29. The van der Waals surface area contributed by atoms with Crippen LogP contribution in [-0.4, -0.2) is 41.5 Å². The van der Waals surface area contributed by atoms with E-state index in [-0.39, 0.29) is 11.8 Å². The van der Waals surface area contributed by atoms with E-state index in [2.05, 4.69) is 10.4 Å². The van der Waals surface area contributed by atoms with Gasteiger partial charge in [0.25, 0.3) is 0 Å². The van der Waals surface area contributed by atoms with Crippen molar-refractivity contribution in [1.29, 1.82) is 0 Å². The summed E-state index contributed by atoms with van der Waals surface area (Å²) in [5.41, 5.74) is 2.70. The molecule has 0 saturated carbocycles. The number of benzene rings is 2. The third-order valence-corrected chi connectivity index (χ3v) is 7.11. The number of nitrogens with one attached hydrogen (secondary N) is 1. The Bertz CT molecular complexity index is 1170. The fourth-order valence-corrected chi connectivity index (χ4v) is 4.92. The van der Waals surface area contributed by atoms with Crippen molar-refractivity contribution in [2.75, 3.05) is 13.1 Å². The van der Waals surface area contributed by atoms with Crippen LogP contribution in [0.25, 0.3) is 11.8 Å². The number of piperidine rings is 1. The Hall–Kier alpha value is -3.23. The van der Waals surface area contributed by atoms with Gasteiger partial charge < -0.3 is 5.32 Å². The lowest BCUT2D eigenvalue weighted by Crippen LogP contribution is -2.42. The Balaban J connectivity index is 1.26. The molecule has 1 aromatic heterocycles. The van der Waals surface area contributed by atoms with Crippen LogP contribution in [0.3, 0.4) is 0 Å². The summed E-state index contributed by atoms with van der Waals surface area (Å²) in [5.74, 6) is -0.238. The molecule has 2 aromatic carbocycles. The van der Waals surface area contributed by atoms with Gasteiger partial charge >= 0.3 is 0 Å². The lowest BCUT2D eigenvalue weighted by molar-refractivity contribution is -0.126. The zero-order valence-corrected chi connectivity index (χ0v) is 18.5. The molecule has 3 aromatic rings. The van der Waals surface area contributed by atoms with Gasteiger partial charge in [-0.15, -0.1) is 0 Å². The summed E-state index contributed by atoms with van der Waals surface area (Å²) in [5, 5.41) is 8.54. The summed E-state index contributed by atoms with van der Waals surface area (Å²) in [4.78, 5) is 12.6. The molecule has 7 nitrogen and oxygen atoms in total. The molecule has 0 radical (unpaired) electrons. The van der Waals surface area contributed by atoms with Crippen molar-refractivity contribution in [2.24, 2.45) is 5.92 Å². The van der Waals surface area contributed by atoms with Crippen molar-refractivity contribution in [2.45, 2.75) is 19.4 Å². The second-order valence-electron chi connectivity index (χ2n) is 7.78. The quantitative estimate of drug-likeness (QED) is 0.599. The number of amides is 1. The van der Waals surface area contributed by atoms with E-state index >= 15 is 0 Å². The molecule has 2 heterocycles. The van der Waals surface area contributed by atoms with Crippen molar-refractivity contribution in [3.8, 4) is 5.69 Å². The molecule has 0 atom stereocenters. The number of sulfonamides is 1. The van der Waals surface area contributed by atoms with Crippen molar-refractivity contribution < 1.29 is 13.2 Å². The van der Waals surface area contributed by atoms with Crippen LogP contribution in [0.15, 0.2) is 78.5 Å². The molecule has 32 heavy (non-hydrogen) atoms. The first-order valence-electron chi connectivity index (χ1n) is 10.6. The molecule has 0 aliphatic carbocycles. The van der Waals surface area contributed by atoms with Crippen LogP contribution >= 0.6 is 0 Å². The van der Waals surface area contributed by atoms with Gasteiger partial charge in [-0.2, -0.15) is 9.40 Å². The molecule has 0 spiro atoms. The second-order valence-corrected chi connectivity index (χ2v) is 9.60. The largest absolute Gasteiger partial charge is 0.352 e. The van der Waals surface area contributed by atoms with Gasteiger partial charge in [0.1, 0.15) is 0 Å². The second kappa shape index (κ2) is 9.93. The van der Waals surface area contributed by atoms with Crippen LogP contribution < -0.4 is 5.32 Å². The van der Waals surface area contributed by atoms with E-state index < -0.39 is 10.0 Å². The summed E-state index contributed by atoms with van der Waals surface area (Å²) >= 11 is 0. The highest BCUT2D eigenvalue weighted by atomic mass is 32.2. The third-order valence-electron chi connectivity index (χ3n) is 5.54. The van der Waals surface area contributed by atoms with E-state index in [0.29, 0.717) is 32.5 Å². The first-order chi connectivity index (χ1) is 15.5. The van der Waals surface area contributed by atoms with E-state index in [1.54, 1.807) is 17.0 Å². The maximum Gasteiger partial charge on any atom is 0.236 e. The fourth-order valence-electron chi connectivity index (χ4n) is 3.69. The molecule has 166 valence electrons. The average Bonchev–Trinajstić information content (AvgIpc) is 3.32. The standard InChI is InChI=1S/C24H26N4O3S/c29-24(25-17-21-18-26-28(19-21)23-9-5-2-6-10-23)22-11-14-27(15-12-22)32(30,31)16-13-20-7-3-1-4-8-20/h1-10,13,16,18-19,22H,11-12,14-15,17H2,(H,25,29)/b16-13+. The number of hydrogen-bond acceptors (Lipinski definition) is 4. The van der Waals surface area contributed by atoms with Crippen molar-refractivity contribution in [3.63, 3.8) is 0 Å². The van der Waals surface area contributed by atoms with Crippen LogP contribution in [0.4, 0.5) is 0 Å². The normalized spacial score (nSPS) is 15.8. The van der Waals surface area contributed by atoms with Gasteiger partial charge in [0.05, 0.1) is 11.9 Å². The zero-order chi connectivity index (χ0) is 22.4. The fraction of sp³-hybridized carbons (Fsp3) is 0.250. The summed E-state index contributed by atoms with van der Waals surface area (Å²) in [6.07, 6.45) is 6.25. The Morgan fingerprint density at radius 1 is 1.03 bits per heavy atom. The smallest absolute Gasteiger partial charge is 0.236 e. The zero-order valence-electron chi connectivity index (χ0n) is 17.7. The number of rotatable bonds is 7. The molecule has 1 aliphatic rings. The Morgan fingerprint density at radius 2 is 1.69 bits per heavy atom. The summed E-state index contributed by atoms with van der Waals surface area (Å²) in [7, 11) is -3.50. The van der Waals surface area contributed by atoms with Gasteiger partial charge in [0, 0.05) is 42.7 Å². The van der Waals surface area contributed by atoms with Gasteiger partial charge in [0.2, 0.25) is 15.9 Å². The van der Waals surface area contributed by atoms with E-state index in [4.69, 9.17) is 0 Å². The lowest BCUT2D eigenvalue weighted by atomic mass is 9.97. The van der Waals surface area contributed by atoms with Crippen LogP contribution in [0.5, 0.6) is 0 Å². The molecular weight excluding hydrogens is 424 g/mol. The highest BCUT2D eigenvalue weighted by Crippen LogP contribution is 2.21. The van der Waals surface area contributed by atoms with Gasteiger partial charge in [0.15, 0.2) is 0 Å². The van der Waals surface area contributed by atoms with Crippen molar-refractivity contribution >= 4 is 22.0 Å². The first-order valence-corrected chi connectivity index (χ1v) is 12.1. The number of para-hydroxylation sites is 1. The van der Waals surface area contributed by atoms with E-state index in [9.17, 15) is 13.2 Å². The molecule has 0 unspecified atom stereocenters. The maximum absolute atomic E-state index is 12.6. The van der Waals surface area contributed by atoms with E-state index in [1.807, 2.05) is 66.9 Å². The average molecular weight is 451 g/mol. The minimum absolute atomic E-state index is 0.0469. The van der Waals surface area contributed by atoms with Gasteiger partial charge in [-0.3, -0.25) is 4.79 Å². The summed E-state index contributed by atoms with van der Waals surface area (Å²) < 4.78 is 28.4. The Kier molecular flexibility index (Phi) is 6.82. The van der Waals surface area contributed by atoms with E-state index in [0.717, 1.165) is 16.8 Å². The number of carbonyl (C=O) groups is 1. The minimum Gasteiger partial charge on any atom is -0.352 e. The van der Waals surface area contributed by atoms with Crippen LogP contribution in [0.1, 0.15) is 24.0 Å². The summed E-state index contributed by atoms with van der Waals surface area (Å²) in [6.45, 7) is 1.07. The Labute approximate surface area is 188 Å². The molecule has 0 bridgehead atoms. The van der Waals surface area contributed by atoms with Crippen molar-refractivity contribution in [1.82, 2.24) is 19.4 Å². The minimum atomic E-state index is -3.50. The molecule has 4 rings (SSSR count). The van der Waals surface area contributed by atoms with Crippen LogP contribution in [-0.2, 0) is 21.4 Å². The van der Waals surface area contributed by atoms with E-state index in [1.165, 1.54) is 9.71 Å². The van der Waals surface area contributed by atoms with Gasteiger partial charge in [-0.1, -0.05) is 48.5 Å². The molecule has 1 amide bonds. The Morgan fingerprint density at radius 3 is 2.38 bits per heavy atom. The number of hydrogen-bond donors (Lipinski definition) is 1. The number of carbonyl (C=O) groups excluding carboxylic acids is 1. The van der Waals surface area contributed by atoms with Gasteiger partial charge in [-0.05, 0) is 36.6 Å². The molecule has 1 fully saturated rings. The van der Waals surface area contributed by atoms with Gasteiger partial charge in [-0.25, -0.2) is 13.1 Å². The molecule has 1 N–H and O–H groups in total. The molecule has 1 saturated heterocycles. The topological polar surface area (TPSA) is 84.3 Å². The van der Waals surface area contributed by atoms with Crippen molar-refractivity contribution in [3.05, 3.63) is 89.6 Å². The number of nitrogens with zero attached hydrogens (tertiary/aromatic N) is 3. The monoisotopic (exact) mass is 450 g/mol. The van der Waals surface area contributed by atoms with Crippen LogP contribution in [0, 0.1) is 5.92 Å². The summed E-state index contributed by atoms with van der Waals surface area (Å²) in [6, 6.07) is 19.1. The lowest BCUT2D eigenvalue weighted by Gasteiger charge is -2.29. The molecule has 8 heteroatoms. The predicted molar refractivity (Wildman–Crippen MR) is 124 cm³/mol. The number of aromatic nitrogens is 2. The predicted octanol–water partition coefficient (Wildman–Crippen LogP) is 3.20. The SMILES string of the molecule is O=C(NCc1cnn(-c2ccccc2)c1)C1CCN(S(=O)(=O)/C=C/c2ccccc2)CC1. The maximum atomic E-state index is 12.6. The third kappa shape index (κ3) is 5.52. The first kappa shape index (κ1) is 22.0.